The molecule has 0 bridgehead atoms. The number of fused-ring (bicyclic) bond motifs is 1. The quantitative estimate of drug-likeness (QED) is 0.365. The van der Waals surface area contributed by atoms with E-state index in [0.717, 1.165) is 11.1 Å². The average Bonchev–Trinajstić information content (AvgIpc) is 2.97. The highest BCUT2D eigenvalue weighted by molar-refractivity contribution is 7.85. The zero-order valence-corrected chi connectivity index (χ0v) is 14.7. The third-order valence-corrected chi connectivity index (χ3v) is 4.91. The molecule has 1 aliphatic carbocycles. The lowest BCUT2D eigenvalue weighted by Gasteiger charge is -2.08. The van der Waals surface area contributed by atoms with Gasteiger partial charge in [-0.2, -0.15) is 18.6 Å². The van der Waals surface area contributed by atoms with Crippen molar-refractivity contribution < 1.29 is 22.5 Å². The van der Waals surface area contributed by atoms with Crippen LogP contribution in [0.2, 0.25) is 0 Å². The van der Waals surface area contributed by atoms with Crippen molar-refractivity contribution in [2.45, 2.75) is 30.8 Å². The van der Waals surface area contributed by atoms with Crippen LogP contribution in [0.15, 0.2) is 51.5 Å². The molecular formula is C17H17N3O5S. The van der Waals surface area contributed by atoms with Gasteiger partial charge in [-0.1, -0.05) is 0 Å². The van der Waals surface area contributed by atoms with Gasteiger partial charge >= 0.3 is 5.97 Å². The van der Waals surface area contributed by atoms with E-state index in [1.165, 1.54) is 31.2 Å². The molecule has 0 amide bonds. The fraction of sp³-hybridized carbons (Fsp3) is 0.235. The van der Waals surface area contributed by atoms with Crippen molar-refractivity contribution in [3.63, 3.8) is 0 Å². The van der Waals surface area contributed by atoms with Crippen LogP contribution in [0.3, 0.4) is 0 Å². The summed E-state index contributed by atoms with van der Waals surface area (Å²) < 4.78 is 36.3. The van der Waals surface area contributed by atoms with Crippen LogP contribution in [-0.2, 0) is 32.5 Å². The molecule has 0 spiro atoms. The summed E-state index contributed by atoms with van der Waals surface area (Å²) in [6.07, 6.45) is 0.776. The van der Waals surface area contributed by atoms with E-state index in [0.29, 0.717) is 29.9 Å². The summed E-state index contributed by atoms with van der Waals surface area (Å²) in [4.78, 5) is 11.0. The number of nitrogen functional groups attached to an aromatic ring is 1. The zero-order valence-electron chi connectivity index (χ0n) is 13.9. The number of hydrogen-bond donors (Lipinski definition) is 2. The Kier molecular flexibility index (Phi) is 4.75. The molecule has 0 aliphatic heterocycles. The summed E-state index contributed by atoms with van der Waals surface area (Å²) in [5.74, 6) is -0.344. The molecule has 0 saturated carbocycles. The number of rotatable bonds is 4. The Hall–Kier alpha value is -2.78. The monoisotopic (exact) mass is 375 g/mol. The molecule has 1 atom stereocenters. The fourth-order valence-electron chi connectivity index (χ4n) is 2.90. The average molecular weight is 375 g/mol. The van der Waals surface area contributed by atoms with Gasteiger partial charge in [0.25, 0.3) is 10.1 Å². The van der Waals surface area contributed by atoms with Crippen molar-refractivity contribution in [3.8, 4) is 0 Å². The van der Waals surface area contributed by atoms with Gasteiger partial charge in [-0.05, 0) is 47.5 Å². The second-order valence-electron chi connectivity index (χ2n) is 5.94. The summed E-state index contributed by atoms with van der Waals surface area (Å²) in [5, 5.41) is 8.30. The van der Waals surface area contributed by atoms with Crippen LogP contribution in [0, 0.1) is 0 Å². The highest BCUT2D eigenvalue weighted by Gasteiger charge is 2.28. The molecule has 0 fully saturated rings. The first-order valence-corrected chi connectivity index (χ1v) is 9.25. The minimum absolute atomic E-state index is 0.214. The Morgan fingerprint density at radius 3 is 2.38 bits per heavy atom. The first-order valence-electron chi connectivity index (χ1n) is 7.81. The summed E-state index contributed by atoms with van der Waals surface area (Å²) in [6.45, 7) is 1.36. The lowest BCUT2D eigenvalue weighted by atomic mass is 10.1. The summed E-state index contributed by atoms with van der Waals surface area (Å²) in [5.41, 5.74) is 9.45. The van der Waals surface area contributed by atoms with E-state index in [1.54, 1.807) is 12.1 Å². The van der Waals surface area contributed by atoms with Crippen LogP contribution in [0.4, 0.5) is 17.1 Å². The van der Waals surface area contributed by atoms with Crippen LogP contribution in [0.1, 0.15) is 18.1 Å². The standard InChI is InChI=1S/C17H17N3O5S/c1-10(21)25-12-8-14-15(9-12)17(7-6-16(14)18)20-19-11-2-4-13(5-3-11)26(22,23)24/h2-7,12H,8-9,18H2,1H3,(H,22,23,24). The van der Waals surface area contributed by atoms with Crippen molar-refractivity contribution >= 4 is 33.1 Å². The molecule has 3 N–H and O–H groups in total. The van der Waals surface area contributed by atoms with Crippen LogP contribution in [-0.4, -0.2) is 25.0 Å². The molecule has 2 aromatic carbocycles. The third kappa shape index (κ3) is 3.89. The summed E-state index contributed by atoms with van der Waals surface area (Å²) in [7, 11) is -4.24. The number of carbonyl (C=O) groups is 1. The van der Waals surface area contributed by atoms with E-state index in [1.807, 2.05) is 0 Å². The molecule has 9 heteroatoms. The van der Waals surface area contributed by atoms with E-state index < -0.39 is 10.1 Å². The molecule has 0 radical (unpaired) electrons. The predicted molar refractivity (Wildman–Crippen MR) is 94.2 cm³/mol. The zero-order chi connectivity index (χ0) is 18.9. The molecule has 0 heterocycles. The summed E-state index contributed by atoms with van der Waals surface area (Å²) >= 11 is 0. The van der Waals surface area contributed by atoms with E-state index in [4.69, 9.17) is 15.0 Å². The first-order chi connectivity index (χ1) is 12.2. The van der Waals surface area contributed by atoms with E-state index in [9.17, 15) is 13.2 Å². The van der Waals surface area contributed by atoms with Gasteiger partial charge < -0.3 is 10.5 Å². The number of hydrogen-bond acceptors (Lipinski definition) is 7. The van der Waals surface area contributed by atoms with Gasteiger partial charge in [-0.3, -0.25) is 9.35 Å². The van der Waals surface area contributed by atoms with Crippen molar-refractivity contribution in [1.82, 2.24) is 0 Å². The maximum Gasteiger partial charge on any atom is 0.302 e. The van der Waals surface area contributed by atoms with Gasteiger partial charge in [0.05, 0.1) is 16.3 Å². The van der Waals surface area contributed by atoms with Crippen molar-refractivity contribution in [2.24, 2.45) is 10.2 Å². The molecular weight excluding hydrogens is 358 g/mol. The van der Waals surface area contributed by atoms with Gasteiger partial charge in [-0.15, -0.1) is 0 Å². The van der Waals surface area contributed by atoms with E-state index in [2.05, 4.69) is 10.2 Å². The number of benzene rings is 2. The van der Waals surface area contributed by atoms with Crippen LogP contribution in [0.5, 0.6) is 0 Å². The van der Waals surface area contributed by atoms with E-state index in [-0.39, 0.29) is 17.0 Å². The number of anilines is 1. The SMILES string of the molecule is CC(=O)OC1Cc2c(N)ccc(N=Nc3ccc(S(=O)(=O)O)cc3)c2C1. The normalized spacial score (nSPS) is 16.6. The minimum Gasteiger partial charge on any atom is -0.462 e. The molecule has 26 heavy (non-hydrogen) atoms. The van der Waals surface area contributed by atoms with Crippen molar-refractivity contribution in [3.05, 3.63) is 47.5 Å². The summed E-state index contributed by atoms with van der Waals surface area (Å²) in [6, 6.07) is 8.82. The van der Waals surface area contributed by atoms with Crippen molar-refractivity contribution in [2.75, 3.05) is 5.73 Å². The number of esters is 1. The highest BCUT2D eigenvalue weighted by Crippen LogP contribution is 2.36. The van der Waals surface area contributed by atoms with Gasteiger partial charge in [0.2, 0.25) is 0 Å². The topological polar surface area (TPSA) is 131 Å². The van der Waals surface area contributed by atoms with Gasteiger partial charge in [0, 0.05) is 25.5 Å². The van der Waals surface area contributed by atoms with Crippen LogP contribution >= 0.6 is 0 Å². The Morgan fingerprint density at radius 1 is 1.12 bits per heavy atom. The smallest absolute Gasteiger partial charge is 0.302 e. The Labute approximate surface area is 150 Å². The Balaban J connectivity index is 1.85. The van der Waals surface area contributed by atoms with Crippen LogP contribution in [0.25, 0.3) is 0 Å². The maximum absolute atomic E-state index is 11.2. The number of carbonyl (C=O) groups excluding carboxylic acids is 1. The largest absolute Gasteiger partial charge is 0.462 e. The molecule has 1 unspecified atom stereocenters. The van der Waals surface area contributed by atoms with Crippen molar-refractivity contribution in [1.29, 1.82) is 0 Å². The molecule has 1 aliphatic rings. The maximum atomic E-state index is 11.2. The lowest BCUT2D eigenvalue weighted by molar-refractivity contribution is -0.145. The molecule has 3 rings (SSSR count). The molecule has 0 aromatic heterocycles. The Morgan fingerprint density at radius 2 is 1.77 bits per heavy atom. The van der Waals surface area contributed by atoms with E-state index >= 15 is 0 Å². The second kappa shape index (κ2) is 6.85. The van der Waals surface area contributed by atoms with Gasteiger partial charge in [-0.25, -0.2) is 0 Å². The number of azo groups is 1. The van der Waals surface area contributed by atoms with Gasteiger partial charge in [0.1, 0.15) is 6.10 Å². The number of nitrogens with zero attached hydrogens (tertiary/aromatic N) is 2. The van der Waals surface area contributed by atoms with Gasteiger partial charge in [0.15, 0.2) is 0 Å². The number of nitrogens with two attached hydrogens (primary N) is 1. The molecule has 2 aromatic rings. The second-order valence-corrected chi connectivity index (χ2v) is 7.36. The number of ether oxygens (including phenoxy) is 1. The predicted octanol–water partition coefficient (Wildman–Crippen LogP) is 2.96. The Bertz CT molecular complexity index is 984. The lowest BCUT2D eigenvalue weighted by Crippen LogP contribution is -2.16. The minimum atomic E-state index is -4.24. The molecule has 8 nitrogen and oxygen atoms in total. The highest BCUT2D eigenvalue weighted by atomic mass is 32.2. The molecule has 0 saturated heterocycles. The third-order valence-electron chi connectivity index (χ3n) is 4.05. The molecule has 136 valence electrons. The van der Waals surface area contributed by atoms with Crippen LogP contribution < -0.4 is 5.73 Å². The first kappa shape index (κ1) is 18.0. The fourth-order valence-corrected chi connectivity index (χ4v) is 3.38.